The Hall–Kier alpha value is -3.80. The Labute approximate surface area is 169 Å². The number of hydrogen-bond acceptors (Lipinski definition) is 4. The van der Waals surface area contributed by atoms with Crippen LogP contribution in [0.5, 0.6) is 5.75 Å². The van der Waals surface area contributed by atoms with Crippen molar-refractivity contribution in [1.82, 2.24) is 0 Å². The van der Waals surface area contributed by atoms with Gasteiger partial charge in [-0.3, -0.25) is 9.59 Å². The van der Waals surface area contributed by atoms with Crippen LogP contribution >= 0.6 is 0 Å². The van der Waals surface area contributed by atoms with Gasteiger partial charge in [-0.05, 0) is 29.8 Å². The molecule has 0 fully saturated rings. The van der Waals surface area contributed by atoms with Gasteiger partial charge in [0.1, 0.15) is 5.75 Å². The summed E-state index contributed by atoms with van der Waals surface area (Å²) in [4.78, 5) is 23.8. The summed E-state index contributed by atoms with van der Waals surface area (Å²) < 4.78 is 5.33. The van der Waals surface area contributed by atoms with Crippen LogP contribution in [0.4, 0.5) is 17.1 Å². The van der Waals surface area contributed by atoms with Crippen LogP contribution in [0.1, 0.15) is 6.92 Å². The smallest absolute Gasteiger partial charge is 0.243 e. The van der Waals surface area contributed by atoms with E-state index in [0.29, 0.717) is 17.1 Å². The molecule has 0 aliphatic rings. The molecule has 3 rings (SSSR count). The van der Waals surface area contributed by atoms with Gasteiger partial charge in [0, 0.05) is 23.9 Å². The highest BCUT2D eigenvalue weighted by Gasteiger charge is 2.10. The molecular weight excluding hydrogens is 366 g/mol. The lowest BCUT2D eigenvalue weighted by molar-refractivity contribution is -0.115. The third kappa shape index (κ3) is 5.35. The van der Waals surface area contributed by atoms with E-state index in [4.69, 9.17) is 4.74 Å². The van der Waals surface area contributed by atoms with E-state index in [1.165, 1.54) is 6.92 Å². The molecule has 0 aliphatic carbocycles. The van der Waals surface area contributed by atoms with Gasteiger partial charge in [-0.1, -0.05) is 48.5 Å². The summed E-state index contributed by atoms with van der Waals surface area (Å²) in [5, 5.41) is 8.73. The predicted octanol–water partition coefficient (Wildman–Crippen LogP) is 4.37. The quantitative estimate of drug-likeness (QED) is 0.561. The SMILES string of the molecule is COc1ccc(NC(C)=O)cc1NCC(=O)Nc1ccccc1-c1ccccc1. The van der Waals surface area contributed by atoms with Gasteiger partial charge in [0.15, 0.2) is 0 Å². The first-order valence-corrected chi connectivity index (χ1v) is 9.20. The fourth-order valence-electron chi connectivity index (χ4n) is 2.96. The van der Waals surface area contributed by atoms with E-state index in [0.717, 1.165) is 16.8 Å². The number of anilines is 3. The molecule has 0 saturated carbocycles. The Balaban J connectivity index is 1.71. The molecule has 0 unspecified atom stereocenters. The lowest BCUT2D eigenvalue weighted by Crippen LogP contribution is -2.22. The summed E-state index contributed by atoms with van der Waals surface area (Å²) in [7, 11) is 1.55. The molecule has 29 heavy (non-hydrogen) atoms. The van der Waals surface area contributed by atoms with Gasteiger partial charge in [0.2, 0.25) is 11.8 Å². The summed E-state index contributed by atoms with van der Waals surface area (Å²) in [6, 6.07) is 22.7. The van der Waals surface area contributed by atoms with E-state index in [1.807, 2.05) is 54.6 Å². The normalized spacial score (nSPS) is 10.1. The van der Waals surface area contributed by atoms with Gasteiger partial charge >= 0.3 is 0 Å². The number of methoxy groups -OCH3 is 1. The first-order valence-electron chi connectivity index (χ1n) is 9.20. The molecule has 0 heterocycles. The summed E-state index contributed by atoms with van der Waals surface area (Å²) in [5.41, 5.74) is 3.96. The van der Waals surface area contributed by atoms with Crippen molar-refractivity contribution in [3.8, 4) is 16.9 Å². The second kappa shape index (κ2) is 9.41. The van der Waals surface area contributed by atoms with E-state index < -0.39 is 0 Å². The van der Waals surface area contributed by atoms with E-state index >= 15 is 0 Å². The monoisotopic (exact) mass is 389 g/mol. The first kappa shape index (κ1) is 19.9. The molecule has 0 radical (unpaired) electrons. The lowest BCUT2D eigenvalue weighted by Gasteiger charge is -2.14. The summed E-state index contributed by atoms with van der Waals surface area (Å²) in [6.07, 6.45) is 0. The average molecular weight is 389 g/mol. The van der Waals surface area contributed by atoms with Crippen molar-refractivity contribution in [2.45, 2.75) is 6.92 Å². The highest BCUT2D eigenvalue weighted by molar-refractivity contribution is 5.98. The molecule has 0 spiro atoms. The van der Waals surface area contributed by atoms with Crippen LogP contribution in [0.15, 0.2) is 72.8 Å². The van der Waals surface area contributed by atoms with Crippen LogP contribution in [0.2, 0.25) is 0 Å². The number of ether oxygens (including phenoxy) is 1. The molecule has 3 aromatic rings. The zero-order chi connectivity index (χ0) is 20.6. The van der Waals surface area contributed by atoms with Crippen molar-refractivity contribution >= 4 is 28.9 Å². The lowest BCUT2D eigenvalue weighted by atomic mass is 10.0. The number of rotatable bonds is 7. The fourth-order valence-corrected chi connectivity index (χ4v) is 2.96. The van der Waals surface area contributed by atoms with Crippen LogP contribution < -0.4 is 20.7 Å². The van der Waals surface area contributed by atoms with Crippen molar-refractivity contribution in [2.24, 2.45) is 0 Å². The molecular formula is C23H23N3O3. The van der Waals surface area contributed by atoms with Crippen molar-refractivity contribution < 1.29 is 14.3 Å². The Morgan fingerprint density at radius 1 is 0.862 bits per heavy atom. The number of carbonyl (C=O) groups is 2. The minimum absolute atomic E-state index is 0.0447. The topological polar surface area (TPSA) is 79.5 Å². The third-order valence-electron chi connectivity index (χ3n) is 4.25. The van der Waals surface area contributed by atoms with E-state index in [1.54, 1.807) is 25.3 Å². The van der Waals surface area contributed by atoms with Crippen molar-refractivity contribution in [2.75, 3.05) is 29.6 Å². The first-order chi connectivity index (χ1) is 14.1. The number of benzene rings is 3. The number of carbonyl (C=O) groups excluding carboxylic acids is 2. The number of hydrogen-bond donors (Lipinski definition) is 3. The maximum absolute atomic E-state index is 12.5. The van der Waals surface area contributed by atoms with E-state index in [9.17, 15) is 9.59 Å². The van der Waals surface area contributed by atoms with Crippen LogP contribution in [0.3, 0.4) is 0 Å². The number of para-hydroxylation sites is 1. The Bertz CT molecular complexity index is 1000. The minimum Gasteiger partial charge on any atom is -0.495 e. The zero-order valence-corrected chi connectivity index (χ0v) is 16.4. The van der Waals surface area contributed by atoms with Crippen LogP contribution in [0, 0.1) is 0 Å². The van der Waals surface area contributed by atoms with Gasteiger partial charge in [-0.15, -0.1) is 0 Å². The molecule has 6 nitrogen and oxygen atoms in total. The maximum Gasteiger partial charge on any atom is 0.243 e. The predicted molar refractivity (Wildman–Crippen MR) is 116 cm³/mol. The average Bonchev–Trinajstić information content (AvgIpc) is 2.73. The molecule has 0 aromatic heterocycles. The van der Waals surface area contributed by atoms with E-state index in [-0.39, 0.29) is 18.4 Å². The zero-order valence-electron chi connectivity index (χ0n) is 16.4. The number of amides is 2. The van der Waals surface area contributed by atoms with Crippen molar-refractivity contribution in [3.63, 3.8) is 0 Å². The molecule has 0 bridgehead atoms. The largest absolute Gasteiger partial charge is 0.495 e. The van der Waals surface area contributed by atoms with Crippen molar-refractivity contribution in [1.29, 1.82) is 0 Å². The van der Waals surface area contributed by atoms with Crippen molar-refractivity contribution in [3.05, 3.63) is 72.8 Å². The van der Waals surface area contributed by atoms with Gasteiger partial charge in [0.25, 0.3) is 0 Å². The molecule has 2 amide bonds. The maximum atomic E-state index is 12.5. The Morgan fingerprint density at radius 2 is 1.59 bits per heavy atom. The third-order valence-corrected chi connectivity index (χ3v) is 4.25. The number of nitrogens with one attached hydrogen (secondary N) is 3. The van der Waals surface area contributed by atoms with Crippen LogP contribution in [-0.2, 0) is 9.59 Å². The highest BCUT2D eigenvalue weighted by Crippen LogP contribution is 2.29. The Morgan fingerprint density at radius 3 is 2.31 bits per heavy atom. The van der Waals surface area contributed by atoms with Gasteiger partial charge in [-0.2, -0.15) is 0 Å². The minimum atomic E-state index is -0.194. The molecule has 0 saturated heterocycles. The summed E-state index contributed by atoms with van der Waals surface area (Å²) >= 11 is 0. The Kier molecular flexibility index (Phi) is 6.47. The second-order valence-electron chi connectivity index (χ2n) is 6.41. The summed E-state index contributed by atoms with van der Waals surface area (Å²) in [5.74, 6) is 0.216. The standard InChI is InChI=1S/C23H23N3O3/c1-16(27)25-18-12-13-22(29-2)21(14-18)24-15-23(28)26-20-11-7-6-10-19(20)17-8-4-3-5-9-17/h3-14,24H,15H2,1-2H3,(H,25,27)(H,26,28). The highest BCUT2D eigenvalue weighted by atomic mass is 16.5. The molecule has 148 valence electrons. The molecule has 0 aliphatic heterocycles. The van der Waals surface area contributed by atoms with Gasteiger partial charge < -0.3 is 20.7 Å². The molecule has 3 aromatic carbocycles. The molecule has 6 heteroatoms. The van der Waals surface area contributed by atoms with E-state index in [2.05, 4.69) is 16.0 Å². The molecule has 3 N–H and O–H groups in total. The second-order valence-corrected chi connectivity index (χ2v) is 6.41. The van der Waals surface area contributed by atoms with Crippen LogP contribution in [-0.4, -0.2) is 25.5 Å². The fraction of sp³-hybridized carbons (Fsp3) is 0.130. The molecule has 0 atom stereocenters. The summed E-state index contributed by atoms with van der Waals surface area (Å²) in [6.45, 7) is 1.48. The van der Waals surface area contributed by atoms with Crippen LogP contribution in [0.25, 0.3) is 11.1 Å². The van der Waals surface area contributed by atoms with Gasteiger partial charge in [0.05, 0.1) is 19.3 Å². The van der Waals surface area contributed by atoms with Gasteiger partial charge in [-0.25, -0.2) is 0 Å².